The highest BCUT2D eigenvalue weighted by molar-refractivity contribution is 5.84. The van der Waals surface area contributed by atoms with Crippen molar-refractivity contribution in [3.8, 4) is 5.75 Å². The maximum Gasteiger partial charge on any atom is 0.356 e. The fourth-order valence-electron chi connectivity index (χ4n) is 1.42. The molecule has 0 aliphatic heterocycles. The number of aromatic nitrogens is 2. The van der Waals surface area contributed by atoms with Crippen molar-refractivity contribution in [3.63, 3.8) is 0 Å². The maximum absolute atomic E-state index is 10.6. The molecule has 2 rings (SSSR count). The number of phenolic OH excluding ortho intramolecular Hbond substituents is 1. The van der Waals surface area contributed by atoms with Gasteiger partial charge >= 0.3 is 5.97 Å². The van der Waals surface area contributed by atoms with Gasteiger partial charge in [-0.2, -0.15) is 0 Å². The van der Waals surface area contributed by atoms with Crippen molar-refractivity contribution in [1.29, 1.82) is 0 Å². The molecule has 1 heterocycles. The van der Waals surface area contributed by atoms with E-state index in [-0.39, 0.29) is 11.4 Å². The summed E-state index contributed by atoms with van der Waals surface area (Å²) in [5.74, 6) is -0.856. The van der Waals surface area contributed by atoms with Crippen LogP contribution in [-0.4, -0.2) is 25.7 Å². The van der Waals surface area contributed by atoms with E-state index < -0.39 is 5.97 Å². The normalized spacial score (nSPS) is 10.2. The first-order valence-corrected chi connectivity index (χ1v) is 4.68. The lowest BCUT2D eigenvalue weighted by Gasteiger charge is -2.02. The number of hydrogen-bond acceptors (Lipinski definition) is 3. The van der Waals surface area contributed by atoms with Gasteiger partial charge in [-0.05, 0) is 17.7 Å². The molecule has 1 aromatic heterocycles. The summed E-state index contributed by atoms with van der Waals surface area (Å²) in [7, 11) is 0. The summed E-state index contributed by atoms with van der Waals surface area (Å²) in [4.78, 5) is 14.3. The number of imidazole rings is 1. The summed E-state index contributed by atoms with van der Waals surface area (Å²) < 4.78 is 1.65. The quantitative estimate of drug-likeness (QED) is 0.815. The topological polar surface area (TPSA) is 75.3 Å². The third kappa shape index (κ3) is 2.20. The van der Waals surface area contributed by atoms with Crippen LogP contribution < -0.4 is 0 Å². The SMILES string of the molecule is O=C(O)c1cn(Cc2cccc(O)c2)cn1. The Morgan fingerprint density at radius 3 is 2.88 bits per heavy atom. The molecule has 0 radical (unpaired) electrons. The first kappa shape index (κ1) is 10.2. The number of rotatable bonds is 3. The van der Waals surface area contributed by atoms with Crippen LogP contribution >= 0.6 is 0 Å². The van der Waals surface area contributed by atoms with Gasteiger partial charge in [0.25, 0.3) is 0 Å². The number of carboxylic acids is 1. The summed E-state index contributed by atoms with van der Waals surface area (Å²) in [5, 5.41) is 18.0. The lowest BCUT2D eigenvalue weighted by molar-refractivity contribution is 0.0691. The predicted molar refractivity (Wildman–Crippen MR) is 56.4 cm³/mol. The van der Waals surface area contributed by atoms with Crippen LogP contribution in [0.1, 0.15) is 16.1 Å². The third-order valence-corrected chi connectivity index (χ3v) is 2.13. The molecule has 0 atom stereocenters. The Bertz CT molecular complexity index is 519. The monoisotopic (exact) mass is 218 g/mol. The number of phenols is 1. The number of nitrogens with zero attached hydrogens (tertiary/aromatic N) is 2. The fourth-order valence-corrected chi connectivity index (χ4v) is 1.42. The molecular weight excluding hydrogens is 208 g/mol. The van der Waals surface area contributed by atoms with Crippen LogP contribution in [-0.2, 0) is 6.54 Å². The lowest BCUT2D eigenvalue weighted by Crippen LogP contribution is -1.98. The zero-order chi connectivity index (χ0) is 11.5. The van der Waals surface area contributed by atoms with E-state index in [0.29, 0.717) is 6.54 Å². The standard InChI is InChI=1S/C11H10N2O3/c14-9-3-1-2-8(4-9)5-13-6-10(11(15)16)12-7-13/h1-4,6-7,14H,5H2,(H,15,16). The van der Waals surface area contributed by atoms with Crippen LogP contribution in [0.4, 0.5) is 0 Å². The summed E-state index contributed by atoms with van der Waals surface area (Å²) in [6, 6.07) is 6.79. The summed E-state index contributed by atoms with van der Waals surface area (Å²) in [6.45, 7) is 0.481. The lowest BCUT2D eigenvalue weighted by atomic mass is 10.2. The van der Waals surface area contributed by atoms with Gasteiger partial charge in [0, 0.05) is 12.7 Å². The Labute approximate surface area is 91.6 Å². The molecule has 0 spiro atoms. The number of hydrogen-bond donors (Lipinski definition) is 2. The predicted octanol–water partition coefficient (Wildman–Crippen LogP) is 1.34. The van der Waals surface area contributed by atoms with Crippen LogP contribution in [0.2, 0.25) is 0 Å². The van der Waals surface area contributed by atoms with E-state index >= 15 is 0 Å². The first-order valence-electron chi connectivity index (χ1n) is 4.68. The molecule has 5 heteroatoms. The van der Waals surface area contributed by atoms with Crippen LogP contribution in [0.3, 0.4) is 0 Å². The highest BCUT2D eigenvalue weighted by atomic mass is 16.4. The van der Waals surface area contributed by atoms with Crippen molar-refractivity contribution in [1.82, 2.24) is 9.55 Å². The van der Waals surface area contributed by atoms with Gasteiger partial charge in [-0.15, -0.1) is 0 Å². The van der Waals surface area contributed by atoms with E-state index in [1.807, 2.05) is 6.07 Å². The number of carboxylic acid groups (broad SMARTS) is 1. The van der Waals surface area contributed by atoms with Gasteiger partial charge < -0.3 is 14.8 Å². The number of benzene rings is 1. The molecular formula is C11H10N2O3. The van der Waals surface area contributed by atoms with E-state index in [1.165, 1.54) is 12.5 Å². The Morgan fingerprint density at radius 1 is 1.44 bits per heavy atom. The largest absolute Gasteiger partial charge is 0.508 e. The number of carbonyl (C=O) groups is 1. The van der Waals surface area contributed by atoms with Crippen molar-refractivity contribution in [3.05, 3.63) is 48.0 Å². The maximum atomic E-state index is 10.6. The van der Waals surface area contributed by atoms with Gasteiger partial charge in [-0.1, -0.05) is 12.1 Å². The second-order valence-electron chi connectivity index (χ2n) is 3.41. The van der Waals surface area contributed by atoms with Gasteiger partial charge in [-0.25, -0.2) is 9.78 Å². The van der Waals surface area contributed by atoms with Crippen molar-refractivity contribution in [2.24, 2.45) is 0 Å². The molecule has 82 valence electrons. The van der Waals surface area contributed by atoms with Crippen molar-refractivity contribution in [2.45, 2.75) is 6.54 Å². The van der Waals surface area contributed by atoms with E-state index in [2.05, 4.69) is 4.98 Å². The molecule has 0 aliphatic rings. The Morgan fingerprint density at radius 2 is 2.25 bits per heavy atom. The molecule has 16 heavy (non-hydrogen) atoms. The van der Waals surface area contributed by atoms with Crippen molar-refractivity contribution < 1.29 is 15.0 Å². The zero-order valence-electron chi connectivity index (χ0n) is 8.37. The van der Waals surface area contributed by atoms with Gasteiger partial charge in [-0.3, -0.25) is 0 Å². The van der Waals surface area contributed by atoms with Crippen LogP contribution in [0, 0.1) is 0 Å². The molecule has 5 nitrogen and oxygen atoms in total. The van der Waals surface area contributed by atoms with Gasteiger partial charge in [0.1, 0.15) is 5.75 Å². The van der Waals surface area contributed by atoms with Crippen molar-refractivity contribution in [2.75, 3.05) is 0 Å². The Hall–Kier alpha value is -2.30. The van der Waals surface area contributed by atoms with Crippen LogP contribution in [0.5, 0.6) is 5.75 Å². The second kappa shape index (κ2) is 4.06. The van der Waals surface area contributed by atoms with Gasteiger partial charge in [0.15, 0.2) is 5.69 Å². The van der Waals surface area contributed by atoms with Crippen LogP contribution in [0.25, 0.3) is 0 Å². The summed E-state index contributed by atoms with van der Waals surface area (Å²) in [6.07, 6.45) is 2.90. The average molecular weight is 218 g/mol. The molecule has 0 fully saturated rings. The second-order valence-corrected chi connectivity index (χ2v) is 3.41. The Balaban J connectivity index is 2.17. The molecule has 0 saturated carbocycles. The van der Waals surface area contributed by atoms with E-state index in [0.717, 1.165) is 5.56 Å². The molecule has 1 aromatic carbocycles. The van der Waals surface area contributed by atoms with Gasteiger partial charge in [0.2, 0.25) is 0 Å². The van der Waals surface area contributed by atoms with Crippen molar-refractivity contribution >= 4 is 5.97 Å². The molecule has 0 saturated heterocycles. The fraction of sp³-hybridized carbons (Fsp3) is 0.0909. The minimum absolute atomic E-state index is 0.0140. The van der Waals surface area contributed by atoms with E-state index in [1.54, 1.807) is 22.8 Å². The smallest absolute Gasteiger partial charge is 0.356 e. The highest BCUT2D eigenvalue weighted by Crippen LogP contribution is 2.12. The average Bonchev–Trinajstić information content (AvgIpc) is 2.66. The molecule has 0 bridgehead atoms. The zero-order valence-corrected chi connectivity index (χ0v) is 8.37. The molecule has 2 N–H and O–H groups in total. The summed E-state index contributed by atoms with van der Waals surface area (Å²) in [5.41, 5.74) is 0.898. The Kier molecular flexibility index (Phi) is 2.59. The van der Waals surface area contributed by atoms with Crippen LogP contribution in [0.15, 0.2) is 36.8 Å². The summed E-state index contributed by atoms with van der Waals surface area (Å²) >= 11 is 0. The molecule has 0 amide bonds. The third-order valence-electron chi connectivity index (χ3n) is 2.13. The molecule has 2 aromatic rings. The first-order chi connectivity index (χ1) is 7.65. The molecule has 0 unspecified atom stereocenters. The minimum Gasteiger partial charge on any atom is -0.508 e. The highest BCUT2D eigenvalue weighted by Gasteiger charge is 2.06. The minimum atomic E-state index is -1.05. The number of aromatic hydroxyl groups is 1. The number of aromatic carboxylic acids is 1. The van der Waals surface area contributed by atoms with Gasteiger partial charge in [0.05, 0.1) is 6.33 Å². The van der Waals surface area contributed by atoms with E-state index in [9.17, 15) is 9.90 Å². The van der Waals surface area contributed by atoms with E-state index in [4.69, 9.17) is 5.11 Å². The molecule has 0 aliphatic carbocycles.